The van der Waals surface area contributed by atoms with Gasteiger partial charge in [-0.25, -0.2) is 5.90 Å². The fourth-order valence-electron chi connectivity index (χ4n) is 0.878. The smallest absolute Gasteiger partial charge is 0.119 e. The van der Waals surface area contributed by atoms with Gasteiger partial charge in [0.25, 0.3) is 0 Å². The van der Waals surface area contributed by atoms with Gasteiger partial charge in [-0.1, -0.05) is 15.9 Å². The van der Waals surface area contributed by atoms with Crippen molar-refractivity contribution in [3.63, 3.8) is 0 Å². The number of benzene rings is 1. The number of halogens is 1. The van der Waals surface area contributed by atoms with E-state index in [0.29, 0.717) is 6.61 Å². The minimum absolute atomic E-state index is 0.373. The van der Waals surface area contributed by atoms with Crippen LogP contribution in [-0.2, 0) is 11.4 Å². The summed E-state index contributed by atoms with van der Waals surface area (Å²) in [6.07, 6.45) is 0. The van der Waals surface area contributed by atoms with Crippen molar-refractivity contribution < 1.29 is 9.57 Å². The summed E-state index contributed by atoms with van der Waals surface area (Å²) in [7, 11) is 1.62. The van der Waals surface area contributed by atoms with Crippen LogP contribution in [-0.4, -0.2) is 7.11 Å². The molecule has 1 aromatic rings. The van der Waals surface area contributed by atoms with E-state index in [4.69, 9.17) is 10.6 Å². The van der Waals surface area contributed by atoms with Gasteiger partial charge in [0.2, 0.25) is 0 Å². The predicted molar refractivity (Wildman–Crippen MR) is 49.7 cm³/mol. The zero-order valence-electron chi connectivity index (χ0n) is 6.71. The van der Waals surface area contributed by atoms with Gasteiger partial charge in [0.15, 0.2) is 0 Å². The van der Waals surface area contributed by atoms with E-state index in [-0.39, 0.29) is 0 Å². The van der Waals surface area contributed by atoms with Crippen LogP contribution >= 0.6 is 15.9 Å². The van der Waals surface area contributed by atoms with E-state index in [1.54, 1.807) is 7.11 Å². The molecule has 66 valence electrons. The number of ether oxygens (including phenoxy) is 1. The molecule has 1 rings (SSSR count). The van der Waals surface area contributed by atoms with Gasteiger partial charge < -0.3 is 4.74 Å². The third-order valence-corrected chi connectivity index (χ3v) is 2.27. The summed E-state index contributed by atoms with van der Waals surface area (Å²) >= 11 is 3.37. The van der Waals surface area contributed by atoms with E-state index >= 15 is 0 Å². The molecule has 0 radical (unpaired) electrons. The van der Waals surface area contributed by atoms with Crippen molar-refractivity contribution in [3.8, 4) is 5.75 Å². The molecule has 0 spiro atoms. The van der Waals surface area contributed by atoms with Crippen LogP contribution in [0.5, 0.6) is 5.75 Å². The minimum Gasteiger partial charge on any atom is -0.497 e. The highest BCUT2D eigenvalue weighted by Gasteiger charge is 2.00. The van der Waals surface area contributed by atoms with Gasteiger partial charge in [0.05, 0.1) is 13.7 Å². The highest BCUT2D eigenvalue weighted by Crippen LogP contribution is 2.22. The highest BCUT2D eigenvalue weighted by atomic mass is 79.9. The Bertz CT molecular complexity index is 265. The van der Waals surface area contributed by atoms with Crippen molar-refractivity contribution >= 4 is 15.9 Å². The molecule has 0 unspecified atom stereocenters. The van der Waals surface area contributed by atoms with E-state index in [9.17, 15) is 0 Å². The molecule has 0 aliphatic carbocycles. The molecule has 0 saturated carbocycles. The predicted octanol–water partition coefficient (Wildman–Crippen LogP) is 1.85. The van der Waals surface area contributed by atoms with Crippen LogP contribution in [0.3, 0.4) is 0 Å². The largest absolute Gasteiger partial charge is 0.497 e. The maximum atomic E-state index is 5.04. The Morgan fingerprint density at radius 3 is 2.83 bits per heavy atom. The average Bonchev–Trinajstić information content (AvgIpc) is 2.09. The molecule has 0 atom stereocenters. The van der Waals surface area contributed by atoms with Gasteiger partial charge in [0, 0.05) is 4.47 Å². The number of hydrogen-bond donors (Lipinski definition) is 1. The first-order valence-corrected chi connectivity index (χ1v) is 4.21. The molecular formula is C8H10BrNO2. The second kappa shape index (κ2) is 4.45. The maximum absolute atomic E-state index is 5.04. The Morgan fingerprint density at radius 1 is 1.50 bits per heavy atom. The molecule has 0 amide bonds. The van der Waals surface area contributed by atoms with Gasteiger partial charge in [-0.3, -0.25) is 4.84 Å². The van der Waals surface area contributed by atoms with Crippen molar-refractivity contribution in [2.24, 2.45) is 5.90 Å². The average molecular weight is 232 g/mol. The quantitative estimate of drug-likeness (QED) is 0.808. The normalized spacial score (nSPS) is 9.92. The molecule has 0 aromatic heterocycles. The second-order valence-corrected chi connectivity index (χ2v) is 3.12. The van der Waals surface area contributed by atoms with Crippen molar-refractivity contribution in [1.29, 1.82) is 0 Å². The zero-order valence-corrected chi connectivity index (χ0v) is 8.30. The Hall–Kier alpha value is -0.580. The van der Waals surface area contributed by atoms with Crippen LogP contribution in [0.25, 0.3) is 0 Å². The molecule has 0 aliphatic heterocycles. The fraction of sp³-hybridized carbons (Fsp3) is 0.250. The van der Waals surface area contributed by atoms with Gasteiger partial charge in [0.1, 0.15) is 5.75 Å². The van der Waals surface area contributed by atoms with Gasteiger partial charge in [-0.05, 0) is 23.8 Å². The molecule has 0 aliphatic rings. The van der Waals surface area contributed by atoms with Crippen LogP contribution in [0.15, 0.2) is 22.7 Å². The molecule has 0 heterocycles. The lowest BCUT2D eigenvalue weighted by Crippen LogP contribution is -1.99. The van der Waals surface area contributed by atoms with Crippen LogP contribution < -0.4 is 10.6 Å². The minimum atomic E-state index is 0.373. The lowest BCUT2D eigenvalue weighted by atomic mass is 10.2. The van der Waals surface area contributed by atoms with E-state index in [1.807, 2.05) is 18.2 Å². The van der Waals surface area contributed by atoms with Crippen LogP contribution in [0.2, 0.25) is 0 Å². The van der Waals surface area contributed by atoms with Gasteiger partial charge >= 0.3 is 0 Å². The highest BCUT2D eigenvalue weighted by molar-refractivity contribution is 9.10. The van der Waals surface area contributed by atoms with Gasteiger partial charge in [-0.15, -0.1) is 0 Å². The summed E-state index contributed by atoms with van der Waals surface area (Å²) in [5.74, 6) is 5.76. The summed E-state index contributed by atoms with van der Waals surface area (Å²) in [6.45, 7) is 0.373. The Morgan fingerprint density at radius 2 is 2.25 bits per heavy atom. The Labute approximate surface area is 79.5 Å². The van der Waals surface area contributed by atoms with Crippen LogP contribution in [0.1, 0.15) is 5.56 Å². The van der Waals surface area contributed by atoms with Crippen molar-refractivity contribution in [1.82, 2.24) is 0 Å². The summed E-state index contributed by atoms with van der Waals surface area (Å²) < 4.78 is 6.01. The SMILES string of the molecule is COc1ccc(Br)c(CON)c1. The van der Waals surface area contributed by atoms with Crippen molar-refractivity contribution in [2.75, 3.05) is 7.11 Å². The molecule has 12 heavy (non-hydrogen) atoms. The molecule has 0 fully saturated rings. The Balaban J connectivity index is 2.91. The Kier molecular flexibility index (Phi) is 3.52. The molecule has 0 bridgehead atoms. The second-order valence-electron chi connectivity index (χ2n) is 2.27. The molecule has 1 aromatic carbocycles. The van der Waals surface area contributed by atoms with E-state index in [1.165, 1.54) is 0 Å². The lowest BCUT2D eigenvalue weighted by Gasteiger charge is -2.05. The molecule has 3 nitrogen and oxygen atoms in total. The molecular weight excluding hydrogens is 222 g/mol. The van der Waals surface area contributed by atoms with Crippen molar-refractivity contribution in [2.45, 2.75) is 6.61 Å². The number of hydrogen-bond acceptors (Lipinski definition) is 3. The zero-order chi connectivity index (χ0) is 8.97. The molecule has 0 saturated heterocycles. The summed E-state index contributed by atoms with van der Waals surface area (Å²) in [4.78, 5) is 4.52. The van der Waals surface area contributed by atoms with Crippen LogP contribution in [0, 0.1) is 0 Å². The molecule has 4 heteroatoms. The van der Waals surface area contributed by atoms with Crippen LogP contribution in [0.4, 0.5) is 0 Å². The topological polar surface area (TPSA) is 44.5 Å². The first-order chi connectivity index (χ1) is 5.77. The van der Waals surface area contributed by atoms with Gasteiger partial charge in [-0.2, -0.15) is 0 Å². The summed E-state index contributed by atoms with van der Waals surface area (Å²) in [5.41, 5.74) is 0.969. The summed E-state index contributed by atoms with van der Waals surface area (Å²) in [5, 5.41) is 0. The first-order valence-electron chi connectivity index (χ1n) is 3.42. The third kappa shape index (κ3) is 2.20. The van der Waals surface area contributed by atoms with E-state index in [0.717, 1.165) is 15.8 Å². The maximum Gasteiger partial charge on any atom is 0.119 e. The number of rotatable bonds is 3. The first kappa shape index (κ1) is 9.51. The number of methoxy groups -OCH3 is 1. The summed E-state index contributed by atoms with van der Waals surface area (Å²) in [6, 6.07) is 5.63. The van der Waals surface area contributed by atoms with E-state index < -0.39 is 0 Å². The third-order valence-electron chi connectivity index (χ3n) is 1.49. The monoisotopic (exact) mass is 231 g/mol. The van der Waals surface area contributed by atoms with Crippen molar-refractivity contribution in [3.05, 3.63) is 28.2 Å². The lowest BCUT2D eigenvalue weighted by molar-refractivity contribution is 0.123. The van der Waals surface area contributed by atoms with E-state index in [2.05, 4.69) is 20.8 Å². The molecule has 2 N–H and O–H groups in total. The fourth-order valence-corrected chi connectivity index (χ4v) is 1.24. The number of nitrogens with two attached hydrogens (primary N) is 1. The standard InChI is InChI=1S/C8H10BrNO2/c1-11-7-2-3-8(9)6(4-7)5-12-10/h2-4H,5,10H2,1H3.